The number of likely N-dealkylation sites (tertiary alicyclic amines) is 1. The van der Waals surface area contributed by atoms with Crippen molar-refractivity contribution in [3.05, 3.63) is 65.7 Å². The highest BCUT2D eigenvalue weighted by Crippen LogP contribution is 2.16. The second-order valence-electron chi connectivity index (χ2n) is 6.79. The van der Waals surface area contributed by atoms with E-state index < -0.39 is 0 Å². The lowest BCUT2D eigenvalue weighted by Crippen LogP contribution is -2.46. The molecule has 0 spiro atoms. The van der Waals surface area contributed by atoms with Crippen LogP contribution in [0.15, 0.2) is 54.6 Å². The van der Waals surface area contributed by atoms with Gasteiger partial charge in [-0.05, 0) is 55.8 Å². The first-order chi connectivity index (χ1) is 12.8. The average Bonchev–Trinajstić information content (AvgIpc) is 2.72. The number of rotatable bonds is 7. The lowest BCUT2D eigenvalue weighted by molar-refractivity contribution is 0.0918. The van der Waals surface area contributed by atoms with E-state index in [0.29, 0.717) is 18.2 Å². The molecule has 3 rings (SSSR count). The van der Waals surface area contributed by atoms with Crippen LogP contribution in [0.4, 0.5) is 0 Å². The van der Waals surface area contributed by atoms with Crippen molar-refractivity contribution in [2.45, 2.75) is 38.8 Å². The summed E-state index contributed by atoms with van der Waals surface area (Å²) in [6.07, 6.45) is 3.70. The molecule has 4 nitrogen and oxygen atoms in total. The fraction of sp³-hybridized carbons (Fsp3) is 0.409. The molecule has 1 saturated heterocycles. The Labute approximate surface area is 156 Å². The molecule has 0 aliphatic carbocycles. The monoisotopic (exact) mass is 352 g/mol. The molecule has 138 valence electrons. The number of nitrogens with zero attached hydrogens (tertiary/aromatic N) is 1. The molecule has 0 aromatic heterocycles. The highest BCUT2D eigenvalue weighted by Gasteiger charge is 2.21. The van der Waals surface area contributed by atoms with Crippen LogP contribution in [0, 0.1) is 0 Å². The second kappa shape index (κ2) is 9.39. The Morgan fingerprint density at radius 2 is 1.88 bits per heavy atom. The molecule has 1 heterocycles. The van der Waals surface area contributed by atoms with Crippen molar-refractivity contribution in [1.82, 2.24) is 10.2 Å². The molecule has 1 aliphatic rings. The van der Waals surface area contributed by atoms with Crippen LogP contribution < -0.4 is 10.1 Å². The summed E-state index contributed by atoms with van der Waals surface area (Å²) in [5.41, 5.74) is 1.75. The smallest absolute Gasteiger partial charge is 0.251 e. The maximum Gasteiger partial charge on any atom is 0.251 e. The molecule has 1 atom stereocenters. The zero-order valence-corrected chi connectivity index (χ0v) is 15.5. The van der Waals surface area contributed by atoms with E-state index in [1.807, 2.05) is 54.6 Å². The van der Waals surface area contributed by atoms with Gasteiger partial charge in [0, 0.05) is 18.2 Å². The van der Waals surface area contributed by atoms with Crippen LogP contribution in [-0.2, 0) is 6.61 Å². The Balaban J connectivity index is 1.48. The lowest BCUT2D eigenvalue weighted by Gasteiger charge is -2.34. The second-order valence-corrected chi connectivity index (χ2v) is 6.79. The van der Waals surface area contributed by atoms with E-state index in [-0.39, 0.29) is 5.91 Å². The third kappa shape index (κ3) is 5.09. The van der Waals surface area contributed by atoms with Crippen molar-refractivity contribution in [1.29, 1.82) is 0 Å². The van der Waals surface area contributed by atoms with Gasteiger partial charge in [0.1, 0.15) is 12.4 Å². The standard InChI is InChI=1S/C22H28N2O2/c1-2-24-15-7-6-8-20(24)16-23-22(25)19-13-11-18(12-14-19)17-26-21-9-4-3-5-10-21/h3-5,9-14,20H,2,6-8,15-17H2,1H3,(H,23,25). The molecular formula is C22H28N2O2. The Hall–Kier alpha value is -2.33. The summed E-state index contributed by atoms with van der Waals surface area (Å²) in [6, 6.07) is 17.9. The molecule has 0 radical (unpaired) electrons. The summed E-state index contributed by atoms with van der Waals surface area (Å²) in [7, 11) is 0. The Morgan fingerprint density at radius 1 is 1.12 bits per heavy atom. The first-order valence-corrected chi connectivity index (χ1v) is 9.55. The molecular weight excluding hydrogens is 324 g/mol. The van der Waals surface area contributed by atoms with Gasteiger partial charge < -0.3 is 10.1 Å². The highest BCUT2D eigenvalue weighted by atomic mass is 16.5. The van der Waals surface area contributed by atoms with Crippen molar-refractivity contribution in [3.63, 3.8) is 0 Å². The van der Waals surface area contributed by atoms with Gasteiger partial charge in [-0.15, -0.1) is 0 Å². The predicted octanol–water partition coefficient (Wildman–Crippen LogP) is 3.87. The summed E-state index contributed by atoms with van der Waals surface area (Å²) in [6.45, 7) is 5.62. The van der Waals surface area contributed by atoms with Crippen LogP contribution in [0.1, 0.15) is 42.1 Å². The summed E-state index contributed by atoms with van der Waals surface area (Å²) in [4.78, 5) is 14.9. The SMILES string of the molecule is CCN1CCCCC1CNC(=O)c1ccc(COc2ccccc2)cc1. The number of hydrogen-bond donors (Lipinski definition) is 1. The minimum Gasteiger partial charge on any atom is -0.489 e. The molecule has 0 bridgehead atoms. The number of para-hydroxylation sites is 1. The van der Waals surface area contributed by atoms with Crippen LogP contribution in [0.3, 0.4) is 0 Å². The maximum atomic E-state index is 12.4. The van der Waals surface area contributed by atoms with Crippen molar-refractivity contribution in [2.24, 2.45) is 0 Å². The molecule has 1 aliphatic heterocycles. The van der Waals surface area contributed by atoms with Gasteiger partial charge >= 0.3 is 0 Å². The maximum absolute atomic E-state index is 12.4. The number of hydrogen-bond acceptors (Lipinski definition) is 3. The summed E-state index contributed by atoms with van der Waals surface area (Å²) < 4.78 is 5.74. The summed E-state index contributed by atoms with van der Waals surface area (Å²) in [5, 5.41) is 3.10. The van der Waals surface area contributed by atoms with E-state index in [2.05, 4.69) is 17.1 Å². The highest BCUT2D eigenvalue weighted by molar-refractivity contribution is 5.94. The Bertz CT molecular complexity index is 685. The number of nitrogens with one attached hydrogen (secondary N) is 1. The minimum absolute atomic E-state index is 0.00199. The van der Waals surface area contributed by atoms with Gasteiger partial charge in [-0.1, -0.05) is 43.7 Å². The van der Waals surface area contributed by atoms with Gasteiger partial charge in [0.2, 0.25) is 0 Å². The van der Waals surface area contributed by atoms with Crippen LogP contribution in [0.25, 0.3) is 0 Å². The number of benzene rings is 2. The molecule has 2 aromatic rings. The van der Waals surface area contributed by atoms with Gasteiger partial charge in [-0.25, -0.2) is 0 Å². The first-order valence-electron chi connectivity index (χ1n) is 9.55. The van der Waals surface area contributed by atoms with E-state index in [0.717, 1.165) is 30.9 Å². The fourth-order valence-corrected chi connectivity index (χ4v) is 3.46. The van der Waals surface area contributed by atoms with Crippen molar-refractivity contribution >= 4 is 5.91 Å². The predicted molar refractivity (Wildman–Crippen MR) is 104 cm³/mol. The zero-order chi connectivity index (χ0) is 18.2. The fourth-order valence-electron chi connectivity index (χ4n) is 3.46. The van der Waals surface area contributed by atoms with Gasteiger partial charge in [0.05, 0.1) is 0 Å². The molecule has 1 amide bonds. The molecule has 2 aromatic carbocycles. The van der Waals surface area contributed by atoms with Crippen molar-refractivity contribution < 1.29 is 9.53 Å². The third-order valence-corrected chi connectivity index (χ3v) is 5.02. The molecule has 1 fully saturated rings. The number of ether oxygens (including phenoxy) is 1. The van der Waals surface area contributed by atoms with Crippen molar-refractivity contribution in [2.75, 3.05) is 19.6 Å². The minimum atomic E-state index is 0.00199. The van der Waals surface area contributed by atoms with E-state index in [9.17, 15) is 4.79 Å². The zero-order valence-electron chi connectivity index (χ0n) is 15.5. The topological polar surface area (TPSA) is 41.6 Å². The molecule has 1 unspecified atom stereocenters. The Kier molecular flexibility index (Phi) is 6.67. The normalized spacial score (nSPS) is 17.7. The van der Waals surface area contributed by atoms with E-state index in [1.165, 1.54) is 19.3 Å². The largest absolute Gasteiger partial charge is 0.489 e. The first kappa shape index (κ1) is 18.5. The number of piperidine rings is 1. The van der Waals surface area contributed by atoms with Crippen molar-refractivity contribution in [3.8, 4) is 5.75 Å². The number of amides is 1. The van der Waals surface area contributed by atoms with Crippen LogP contribution in [0.5, 0.6) is 5.75 Å². The molecule has 26 heavy (non-hydrogen) atoms. The molecule has 1 N–H and O–H groups in total. The quantitative estimate of drug-likeness (QED) is 0.822. The van der Waals surface area contributed by atoms with Gasteiger partial charge in [-0.3, -0.25) is 9.69 Å². The Morgan fingerprint density at radius 3 is 2.62 bits per heavy atom. The van der Waals surface area contributed by atoms with Gasteiger partial charge in [0.15, 0.2) is 0 Å². The number of carbonyl (C=O) groups is 1. The van der Waals surface area contributed by atoms with Crippen LogP contribution in [0.2, 0.25) is 0 Å². The third-order valence-electron chi connectivity index (χ3n) is 5.02. The lowest BCUT2D eigenvalue weighted by atomic mass is 10.0. The van der Waals surface area contributed by atoms with Gasteiger partial charge in [0.25, 0.3) is 5.91 Å². The van der Waals surface area contributed by atoms with Gasteiger partial charge in [-0.2, -0.15) is 0 Å². The number of likely N-dealkylation sites (N-methyl/N-ethyl adjacent to an activating group) is 1. The van der Waals surface area contributed by atoms with E-state index in [4.69, 9.17) is 4.74 Å². The number of carbonyl (C=O) groups excluding carboxylic acids is 1. The summed E-state index contributed by atoms with van der Waals surface area (Å²) in [5.74, 6) is 0.851. The van der Waals surface area contributed by atoms with Crippen LogP contribution >= 0.6 is 0 Å². The average molecular weight is 352 g/mol. The molecule has 0 saturated carbocycles. The van der Waals surface area contributed by atoms with Crippen LogP contribution in [-0.4, -0.2) is 36.5 Å². The molecule has 4 heteroatoms. The summed E-state index contributed by atoms with van der Waals surface area (Å²) >= 11 is 0. The van der Waals surface area contributed by atoms with E-state index in [1.54, 1.807) is 0 Å². The van der Waals surface area contributed by atoms with E-state index >= 15 is 0 Å².